The molecule has 0 radical (unpaired) electrons. The molecule has 1 aromatic carbocycles. The van der Waals surface area contributed by atoms with Crippen LogP contribution in [0.25, 0.3) is 0 Å². The van der Waals surface area contributed by atoms with E-state index in [0.29, 0.717) is 32.2 Å². The summed E-state index contributed by atoms with van der Waals surface area (Å²) in [7, 11) is 0. The maximum absolute atomic E-state index is 12.5. The van der Waals surface area contributed by atoms with Crippen molar-refractivity contribution in [2.24, 2.45) is 11.8 Å². The fourth-order valence-corrected chi connectivity index (χ4v) is 4.34. The van der Waals surface area contributed by atoms with E-state index in [0.717, 1.165) is 19.3 Å². The molecule has 0 saturated heterocycles. The van der Waals surface area contributed by atoms with Gasteiger partial charge in [-0.1, -0.05) is 31.2 Å². The van der Waals surface area contributed by atoms with Crippen LogP contribution in [0.4, 0.5) is 0 Å². The first kappa shape index (κ1) is 17.0. The minimum atomic E-state index is -0.722. The number of carboxylic acid groups (broad SMARTS) is 1. The summed E-state index contributed by atoms with van der Waals surface area (Å²) in [5, 5.41) is 12.2. The number of aliphatic carboxylic acids is 1. The monoisotopic (exact) mass is 329 g/mol. The van der Waals surface area contributed by atoms with E-state index in [1.807, 2.05) is 0 Å². The molecule has 1 fully saturated rings. The minimum absolute atomic E-state index is 0.00275. The molecular formula is C20H27NO3. The lowest BCUT2D eigenvalue weighted by molar-refractivity contribution is -0.144. The van der Waals surface area contributed by atoms with Gasteiger partial charge in [0, 0.05) is 17.9 Å². The van der Waals surface area contributed by atoms with Crippen LogP contribution in [0.2, 0.25) is 0 Å². The molecule has 4 heteroatoms. The lowest BCUT2D eigenvalue weighted by Crippen LogP contribution is -2.43. The molecule has 24 heavy (non-hydrogen) atoms. The quantitative estimate of drug-likeness (QED) is 0.891. The summed E-state index contributed by atoms with van der Waals surface area (Å²) in [5.41, 5.74) is 2.77. The number of rotatable bonds is 4. The molecule has 3 rings (SSSR count). The highest BCUT2D eigenvalue weighted by Crippen LogP contribution is 2.37. The topological polar surface area (TPSA) is 66.4 Å². The van der Waals surface area contributed by atoms with Crippen molar-refractivity contribution in [1.82, 2.24) is 5.32 Å². The summed E-state index contributed by atoms with van der Waals surface area (Å²) in [5.74, 6) is -0.914. The number of benzene rings is 1. The van der Waals surface area contributed by atoms with E-state index in [1.54, 1.807) is 0 Å². The van der Waals surface area contributed by atoms with E-state index < -0.39 is 5.97 Å². The van der Waals surface area contributed by atoms with E-state index in [9.17, 15) is 9.59 Å². The Balaban J connectivity index is 1.58. The van der Waals surface area contributed by atoms with Crippen molar-refractivity contribution in [2.75, 3.05) is 6.54 Å². The molecule has 0 aliphatic heterocycles. The minimum Gasteiger partial charge on any atom is -0.481 e. The van der Waals surface area contributed by atoms with Gasteiger partial charge in [-0.25, -0.2) is 0 Å². The maximum atomic E-state index is 12.5. The normalized spacial score (nSPS) is 29.5. The number of hydrogen-bond acceptors (Lipinski definition) is 2. The highest BCUT2D eigenvalue weighted by Gasteiger charge is 2.34. The third-order valence-corrected chi connectivity index (χ3v) is 5.94. The molecule has 4 nitrogen and oxygen atoms in total. The molecule has 2 aliphatic carbocycles. The Hall–Kier alpha value is -1.84. The Kier molecular flexibility index (Phi) is 4.93. The smallest absolute Gasteiger partial charge is 0.306 e. The second-order valence-corrected chi connectivity index (χ2v) is 7.68. The predicted molar refractivity (Wildman–Crippen MR) is 92.8 cm³/mol. The van der Waals surface area contributed by atoms with Gasteiger partial charge in [0.1, 0.15) is 0 Å². The number of fused-ring (bicyclic) bond motifs is 1. The van der Waals surface area contributed by atoms with Gasteiger partial charge in [0.2, 0.25) is 5.91 Å². The fourth-order valence-electron chi connectivity index (χ4n) is 4.34. The van der Waals surface area contributed by atoms with E-state index in [1.165, 1.54) is 11.1 Å². The summed E-state index contributed by atoms with van der Waals surface area (Å²) in [6.07, 6.45) is 6.00. The molecule has 1 amide bonds. The zero-order chi connectivity index (χ0) is 17.2. The summed E-state index contributed by atoms with van der Waals surface area (Å²) >= 11 is 0. The molecule has 2 aliphatic rings. The van der Waals surface area contributed by atoms with Crippen LogP contribution in [-0.4, -0.2) is 23.5 Å². The first-order valence-corrected chi connectivity index (χ1v) is 9.08. The van der Waals surface area contributed by atoms with Crippen LogP contribution in [0.15, 0.2) is 24.3 Å². The van der Waals surface area contributed by atoms with Crippen molar-refractivity contribution in [3.63, 3.8) is 0 Å². The zero-order valence-electron chi connectivity index (χ0n) is 14.4. The van der Waals surface area contributed by atoms with Crippen LogP contribution >= 0.6 is 0 Å². The van der Waals surface area contributed by atoms with Gasteiger partial charge in [-0.05, 0) is 56.1 Å². The molecule has 130 valence electrons. The molecule has 1 unspecified atom stereocenters. The molecule has 2 N–H and O–H groups in total. The Morgan fingerprint density at radius 1 is 1.17 bits per heavy atom. The van der Waals surface area contributed by atoms with Gasteiger partial charge in [-0.15, -0.1) is 0 Å². The SMILES string of the molecule is CC1(CNC(=O)C2CCC(C(=O)O)CC2)CCCc2ccccc21. The molecule has 0 aromatic heterocycles. The van der Waals surface area contributed by atoms with Gasteiger partial charge < -0.3 is 10.4 Å². The summed E-state index contributed by atoms with van der Waals surface area (Å²) in [4.78, 5) is 23.5. The summed E-state index contributed by atoms with van der Waals surface area (Å²) < 4.78 is 0. The Morgan fingerprint density at radius 3 is 2.54 bits per heavy atom. The van der Waals surface area contributed by atoms with Crippen molar-refractivity contribution >= 4 is 11.9 Å². The van der Waals surface area contributed by atoms with Crippen molar-refractivity contribution in [3.05, 3.63) is 35.4 Å². The summed E-state index contributed by atoms with van der Waals surface area (Å²) in [6.45, 7) is 2.91. The molecule has 1 saturated carbocycles. The van der Waals surface area contributed by atoms with Gasteiger partial charge >= 0.3 is 5.97 Å². The van der Waals surface area contributed by atoms with Gasteiger partial charge in [0.25, 0.3) is 0 Å². The van der Waals surface area contributed by atoms with Gasteiger partial charge in [-0.2, -0.15) is 0 Å². The third-order valence-electron chi connectivity index (χ3n) is 5.94. The zero-order valence-corrected chi connectivity index (χ0v) is 14.4. The average molecular weight is 329 g/mol. The van der Waals surface area contributed by atoms with Gasteiger partial charge in [0.15, 0.2) is 0 Å². The van der Waals surface area contributed by atoms with Crippen molar-refractivity contribution in [3.8, 4) is 0 Å². The molecule has 1 atom stereocenters. The predicted octanol–water partition coefficient (Wildman–Crippen LogP) is 3.29. The van der Waals surface area contributed by atoms with Crippen LogP contribution < -0.4 is 5.32 Å². The van der Waals surface area contributed by atoms with Crippen molar-refractivity contribution in [1.29, 1.82) is 0 Å². The second-order valence-electron chi connectivity index (χ2n) is 7.68. The summed E-state index contributed by atoms with van der Waals surface area (Å²) in [6, 6.07) is 8.56. The maximum Gasteiger partial charge on any atom is 0.306 e. The number of amides is 1. The van der Waals surface area contributed by atoms with Crippen molar-refractivity contribution in [2.45, 2.75) is 57.3 Å². The molecular weight excluding hydrogens is 302 g/mol. The number of carbonyl (C=O) groups is 2. The Morgan fingerprint density at radius 2 is 1.83 bits per heavy atom. The van der Waals surface area contributed by atoms with Crippen LogP contribution in [0.3, 0.4) is 0 Å². The number of aryl methyl sites for hydroxylation is 1. The Labute approximate surface area is 143 Å². The van der Waals surface area contributed by atoms with Crippen molar-refractivity contribution < 1.29 is 14.7 Å². The number of hydrogen-bond donors (Lipinski definition) is 2. The fraction of sp³-hybridized carbons (Fsp3) is 0.600. The van der Waals surface area contributed by atoms with E-state index in [4.69, 9.17) is 5.11 Å². The largest absolute Gasteiger partial charge is 0.481 e. The molecule has 0 heterocycles. The number of nitrogens with one attached hydrogen (secondary N) is 1. The number of carbonyl (C=O) groups excluding carboxylic acids is 1. The number of carboxylic acids is 1. The highest BCUT2D eigenvalue weighted by atomic mass is 16.4. The van der Waals surface area contributed by atoms with E-state index >= 15 is 0 Å². The van der Waals surface area contributed by atoms with E-state index in [-0.39, 0.29) is 23.2 Å². The third kappa shape index (κ3) is 3.47. The molecule has 0 spiro atoms. The highest BCUT2D eigenvalue weighted by molar-refractivity contribution is 5.79. The van der Waals surface area contributed by atoms with E-state index in [2.05, 4.69) is 36.5 Å². The van der Waals surface area contributed by atoms with Crippen LogP contribution in [0, 0.1) is 11.8 Å². The average Bonchev–Trinajstić information content (AvgIpc) is 2.60. The standard InChI is InChI=1S/C20H27NO3/c1-20(12-4-6-14-5-2-3-7-17(14)20)13-21-18(22)15-8-10-16(11-9-15)19(23)24/h2-3,5,7,15-16H,4,6,8-13H2,1H3,(H,21,22)(H,23,24). The molecule has 0 bridgehead atoms. The lowest BCUT2D eigenvalue weighted by atomic mass is 9.71. The van der Waals surface area contributed by atoms with Crippen LogP contribution in [0.1, 0.15) is 56.6 Å². The first-order chi connectivity index (χ1) is 11.5. The van der Waals surface area contributed by atoms with Crippen LogP contribution in [-0.2, 0) is 21.4 Å². The van der Waals surface area contributed by atoms with Crippen LogP contribution in [0.5, 0.6) is 0 Å². The Bertz CT molecular complexity index is 619. The first-order valence-electron chi connectivity index (χ1n) is 9.08. The second kappa shape index (κ2) is 6.96. The van der Waals surface area contributed by atoms with Gasteiger partial charge in [-0.3, -0.25) is 9.59 Å². The molecule has 1 aromatic rings. The lowest BCUT2D eigenvalue weighted by Gasteiger charge is -2.37. The van der Waals surface area contributed by atoms with Gasteiger partial charge in [0.05, 0.1) is 5.92 Å².